The minimum absolute atomic E-state index is 0.0489. The number of ether oxygens (including phenoxy) is 1. The van der Waals surface area contributed by atoms with Crippen LogP contribution in [0, 0.1) is 13.8 Å². The molecule has 0 unspecified atom stereocenters. The number of hydrogen-bond donors (Lipinski definition) is 0. The molecule has 1 spiro atoms. The van der Waals surface area contributed by atoms with Crippen molar-refractivity contribution in [3.05, 3.63) is 74.6 Å². The maximum Gasteiger partial charge on any atom is 0.291 e. The van der Waals surface area contributed by atoms with E-state index in [1.807, 2.05) is 38.1 Å². The van der Waals surface area contributed by atoms with Gasteiger partial charge >= 0.3 is 0 Å². The number of carbonyl (C=O) groups is 2. The molecule has 1 fully saturated rings. The van der Waals surface area contributed by atoms with Crippen LogP contribution >= 0.6 is 0 Å². The summed E-state index contributed by atoms with van der Waals surface area (Å²) in [6.45, 7) is 4.69. The minimum Gasteiger partial charge on any atom is -0.450 e. The van der Waals surface area contributed by atoms with Crippen molar-refractivity contribution in [3.63, 3.8) is 0 Å². The van der Waals surface area contributed by atoms with Crippen LogP contribution < -0.4 is 10.3 Å². The molecule has 0 bridgehead atoms. The van der Waals surface area contributed by atoms with Crippen LogP contribution in [0.4, 0.5) is 5.69 Å². The van der Waals surface area contributed by atoms with Gasteiger partial charge in [0.15, 0.2) is 11.0 Å². The Kier molecular flexibility index (Phi) is 4.14. The zero-order valence-corrected chi connectivity index (χ0v) is 18.8. The highest BCUT2D eigenvalue weighted by atomic mass is 16.5. The number of hydrogen-bond acceptors (Lipinski definition) is 5. The number of aryl methyl sites for hydroxylation is 2. The van der Waals surface area contributed by atoms with E-state index in [-0.39, 0.29) is 35.3 Å². The average molecular weight is 444 g/mol. The zero-order valence-electron chi connectivity index (χ0n) is 18.8. The molecule has 0 aliphatic carbocycles. The van der Waals surface area contributed by atoms with E-state index in [0.29, 0.717) is 28.8 Å². The lowest BCUT2D eigenvalue weighted by Gasteiger charge is -2.35. The summed E-state index contributed by atoms with van der Waals surface area (Å²) in [4.78, 5) is 44.9. The maximum atomic E-state index is 14.0. The molecule has 33 heavy (non-hydrogen) atoms. The van der Waals surface area contributed by atoms with E-state index in [0.717, 1.165) is 24.0 Å². The molecule has 3 aliphatic heterocycles. The van der Waals surface area contributed by atoms with Gasteiger partial charge in [-0.25, -0.2) is 0 Å². The molecular formula is C26H24N2O5. The Balaban J connectivity index is 1.71. The summed E-state index contributed by atoms with van der Waals surface area (Å²) >= 11 is 0. The first kappa shape index (κ1) is 20.2. The second kappa shape index (κ2) is 6.78. The highest BCUT2D eigenvalue weighted by Gasteiger charge is 2.64. The summed E-state index contributed by atoms with van der Waals surface area (Å²) in [7, 11) is 1.68. The van der Waals surface area contributed by atoms with Gasteiger partial charge in [0.05, 0.1) is 17.1 Å². The number of anilines is 1. The normalized spacial score (nSPS) is 23.8. The van der Waals surface area contributed by atoms with E-state index >= 15 is 0 Å². The smallest absolute Gasteiger partial charge is 0.291 e. The fourth-order valence-corrected chi connectivity index (χ4v) is 5.59. The summed E-state index contributed by atoms with van der Waals surface area (Å²) < 4.78 is 11.9. The summed E-state index contributed by atoms with van der Waals surface area (Å²) in [6.07, 6.45) is 1.50. The molecule has 0 radical (unpaired) electrons. The van der Waals surface area contributed by atoms with Crippen molar-refractivity contribution in [1.82, 2.24) is 4.90 Å². The van der Waals surface area contributed by atoms with Gasteiger partial charge in [0.1, 0.15) is 5.58 Å². The number of carbonyl (C=O) groups excluding carboxylic acids is 2. The van der Waals surface area contributed by atoms with E-state index in [2.05, 4.69) is 0 Å². The molecule has 3 aliphatic rings. The van der Waals surface area contributed by atoms with E-state index < -0.39 is 11.4 Å². The monoisotopic (exact) mass is 444 g/mol. The first-order chi connectivity index (χ1) is 15.9. The Hall–Kier alpha value is -3.45. The van der Waals surface area contributed by atoms with Crippen LogP contribution in [0.1, 0.15) is 45.7 Å². The number of para-hydroxylation sites is 1. The van der Waals surface area contributed by atoms with Crippen molar-refractivity contribution in [2.24, 2.45) is 0 Å². The summed E-state index contributed by atoms with van der Waals surface area (Å²) in [5.41, 5.74) is 1.79. The number of fused-ring (bicyclic) bond motifs is 5. The van der Waals surface area contributed by atoms with Gasteiger partial charge < -0.3 is 19.0 Å². The van der Waals surface area contributed by atoms with Crippen LogP contribution in [0.15, 0.2) is 45.6 Å². The van der Waals surface area contributed by atoms with Gasteiger partial charge in [-0.1, -0.05) is 18.2 Å². The second-order valence-electron chi connectivity index (χ2n) is 9.21. The topological polar surface area (TPSA) is 80.1 Å². The van der Waals surface area contributed by atoms with Crippen LogP contribution in [-0.4, -0.2) is 43.0 Å². The third-order valence-corrected chi connectivity index (χ3v) is 7.39. The summed E-state index contributed by atoms with van der Waals surface area (Å²) in [5, 5.41) is 0.378. The Labute approximate surface area is 190 Å². The standard InChI is InChI=1S/C26H24N2O5/c1-14-11-17-20(12-15(14)2)33-23-21(22(17)29)26(28(24(23)30)13-16-7-6-10-32-16)18-8-4-5-9-19(18)27(3)25(26)31/h4-5,8-9,11-12,16H,6-7,10,13H2,1-3H3/t16-,26+/m0/s1. The summed E-state index contributed by atoms with van der Waals surface area (Å²) in [5.74, 6) is -0.826. The number of likely N-dealkylation sites (N-methyl/N-ethyl adjacent to an activating group) is 1. The summed E-state index contributed by atoms with van der Waals surface area (Å²) in [6, 6.07) is 10.9. The largest absolute Gasteiger partial charge is 0.450 e. The van der Waals surface area contributed by atoms with E-state index in [9.17, 15) is 14.4 Å². The predicted molar refractivity (Wildman–Crippen MR) is 123 cm³/mol. The van der Waals surface area contributed by atoms with Gasteiger partial charge in [0, 0.05) is 31.5 Å². The average Bonchev–Trinajstić information content (AvgIpc) is 3.46. The SMILES string of the molecule is Cc1cc2oc3c(c(=O)c2cc1C)[C@]1(C(=O)N(C)c2ccccc21)N(C[C@@H]1CCCO1)C3=O. The van der Waals surface area contributed by atoms with Crippen LogP contribution in [0.2, 0.25) is 0 Å². The van der Waals surface area contributed by atoms with Gasteiger partial charge in [-0.05, 0) is 56.0 Å². The number of benzene rings is 2. The van der Waals surface area contributed by atoms with Crippen LogP contribution in [0.5, 0.6) is 0 Å². The lowest BCUT2D eigenvalue weighted by Crippen LogP contribution is -2.54. The van der Waals surface area contributed by atoms with Crippen molar-refractivity contribution in [1.29, 1.82) is 0 Å². The van der Waals surface area contributed by atoms with E-state index in [1.54, 1.807) is 19.2 Å². The molecule has 7 heteroatoms. The molecule has 2 atom stereocenters. The fourth-order valence-electron chi connectivity index (χ4n) is 5.59. The Morgan fingerprint density at radius 1 is 1.09 bits per heavy atom. The maximum absolute atomic E-state index is 14.0. The van der Waals surface area contributed by atoms with Crippen molar-refractivity contribution in [2.75, 3.05) is 25.1 Å². The number of amides is 2. The van der Waals surface area contributed by atoms with Crippen molar-refractivity contribution in [3.8, 4) is 0 Å². The van der Waals surface area contributed by atoms with Gasteiger partial charge in [0.2, 0.25) is 5.76 Å². The molecule has 4 heterocycles. The predicted octanol–water partition coefficient (Wildman–Crippen LogP) is 3.26. The Morgan fingerprint density at radius 2 is 1.85 bits per heavy atom. The van der Waals surface area contributed by atoms with Gasteiger partial charge in [-0.3, -0.25) is 14.4 Å². The third-order valence-electron chi connectivity index (χ3n) is 7.39. The highest BCUT2D eigenvalue weighted by Crippen LogP contribution is 2.52. The molecule has 0 saturated carbocycles. The molecule has 1 saturated heterocycles. The van der Waals surface area contributed by atoms with Crippen LogP contribution in [0.3, 0.4) is 0 Å². The Bertz CT molecular complexity index is 1420. The molecular weight excluding hydrogens is 420 g/mol. The van der Waals surface area contributed by atoms with Crippen molar-refractivity contribution >= 4 is 28.5 Å². The van der Waals surface area contributed by atoms with E-state index in [4.69, 9.17) is 9.15 Å². The molecule has 2 amide bonds. The second-order valence-corrected chi connectivity index (χ2v) is 9.21. The Morgan fingerprint density at radius 3 is 2.61 bits per heavy atom. The molecule has 168 valence electrons. The first-order valence-electron chi connectivity index (χ1n) is 11.3. The molecule has 7 nitrogen and oxygen atoms in total. The molecule has 3 aromatic rings. The third kappa shape index (κ3) is 2.45. The molecule has 2 aromatic carbocycles. The lowest BCUT2D eigenvalue weighted by molar-refractivity contribution is -0.126. The fraction of sp³-hybridized carbons (Fsp3) is 0.346. The van der Waals surface area contributed by atoms with Gasteiger partial charge in [0.25, 0.3) is 11.8 Å². The highest BCUT2D eigenvalue weighted by molar-refractivity contribution is 6.16. The van der Waals surface area contributed by atoms with Crippen molar-refractivity contribution in [2.45, 2.75) is 38.3 Å². The minimum atomic E-state index is -1.56. The van der Waals surface area contributed by atoms with Crippen LogP contribution in [-0.2, 0) is 15.1 Å². The van der Waals surface area contributed by atoms with E-state index in [1.165, 1.54) is 9.80 Å². The van der Waals surface area contributed by atoms with Gasteiger partial charge in [-0.15, -0.1) is 0 Å². The van der Waals surface area contributed by atoms with Crippen LogP contribution in [0.25, 0.3) is 11.0 Å². The number of nitrogens with zero attached hydrogens (tertiary/aromatic N) is 2. The number of rotatable bonds is 2. The van der Waals surface area contributed by atoms with Gasteiger partial charge in [-0.2, -0.15) is 0 Å². The quantitative estimate of drug-likeness (QED) is 0.606. The molecule has 0 N–H and O–H groups in total. The zero-order chi connectivity index (χ0) is 23.1. The first-order valence-corrected chi connectivity index (χ1v) is 11.3. The lowest BCUT2D eigenvalue weighted by atomic mass is 9.83. The van der Waals surface area contributed by atoms with Crippen molar-refractivity contribution < 1.29 is 18.7 Å². The molecule has 1 aromatic heterocycles. The molecule has 6 rings (SSSR count).